The Morgan fingerprint density at radius 1 is 1.33 bits per heavy atom. The third kappa shape index (κ3) is 3.98. The molecule has 0 aliphatic rings. The lowest BCUT2D eigenvalue weighted by Crippen LogP contribution is -2.40. The van der Waals surface area contributed by atoms with Gasteiger partial charge in [0.2, 0.25) is 0 Å². The summed E-state index contributed by atoms with van der Waals surface area (Å²) in [5.41, 5.74) is -0.412. The van der Waals surface area contributed by atoms with Crippen LogP contribution >= 0.6 is 11.6 Å². The molecule has 1 N–H and O–H groups in total. The van der Waals surface area contributed by atoms with Gasteiger partial charge in [0.25, 0.3) is 5.91 Å². The number of hydrogen-bond acceptors (Lipinski definition) is 5. The molecule has 0 bridgehead atoms. The SMILES string of the molecule is CC(C)(C(=O)Nc1ccn(Cc2ccccc2Cl)n1)n1cc([N+](=O)[O-])cn1. The number of amides is 1. The molecule has 9 nitrogen and oxygen atoms in total. The summed E-state index contributed by atoms with van der Waals surface area (Å²) in [5.74, 6) is -0.0368. The van der Waals surface area contributed by atoms with E-state index in [9.17, 15) is 14.9 Å². The van der Waals surface area contributed by atoms with Crippen molar-refractivity contribution in [2.45, 2.75) is 25.9 Å². The average molecular weight is 389 g/mol. The van der Waals surface area contributed by atoms with Gasteiger partial charge in [0.15, 0.2) is 5.82 Å². The fraction of sp³-hybridized carbons (Fsp3) is 0.235. The Balaban J connectivity index is 1.71. The van der Waals surface area contributed by atoms with Crippen molar-refractivity contribution in [1.29, 1.82) is 0 Å². The van der Waals surface area contributed by atoms with Crippen LogP contribution < -0.4 is 5.32 Å². The predicted molar refractivity (Wildman–Crippen MR) is 99.6 cm³/mol. The number of aromatic nitrogens is 4. The van der Waals surface area contributed by atoms with Crippen molar-refractivity contribution in [2.75, 3.05) is 5.32 Å². The topological polar surface area (TPSA) is 108 Å². The molecule has 0 spiro atoms. The molecule has 0 unspecified atom stereocenters. The van der Waals surface area contributed by atoms with E-state index in [2.05, 4.69) is 15.5 Å². The van der Waals surface area contributed by atoms with Crippen LogP contribution in [0.25, 0.3) is 0 Å². The lowest BCUT2D eigenvalue weighted by atomic mass is 10.1. The van der Waals surface area contributed by atoms with Crippen LogP contribution in [0.2, 0.25) is 5.02 Å². The summed E-state index contributed by atoms with van der Waals surface area (Å²) in [6, 6.07) is 9.10. The molecule has 27 heavy (non-hydrogen) atoms. The quantitative estimate of drug-likeness (QED) is 0.515. The first-order chi connectivity index (χ1) is 12.8. The summed E-state index contributed by atoms with van der Waals surface area (Å²) in [7, 11) is 0. The Hall–Kier alpha value is -3.20. The predicted octanol–water partition coefficient (Wildman–Crippen LogP) is 3.06. The Morgan fingerprint density at radius 3 is 2.74 bits per heavy atom. The molecule has 0 atom stereocenters. The molecule has 0 fully saturated rings. The van der Waals surface area contributed by atoms with Gasteiger partial charge >= 0.3 is 5.69 Å². The number of benzene rings is 1. The molecule has 2 aromatic heterocycles. The maximum atomic E-state index is 12.6. The van der Waals surface area contributed by atoms with Crippen LogP contribution in [-0.4, -0.2) is 30.4 Å². The number of carbonyl (C=O) groups is 1. The van der Waals surface area contributed by atoms with E-state index < -0.39 is 16.4 Å². The Morgan fingerprint density at radius 2 is 2.07 bits per heavy atom. The highest BCUT2D eigenvalue weighted by molar-refractivity contribution is 6.31. The maximum Gasteiger partial charge on any atom is 0.307 e. The van der Waals surface area contributed by atoms with Crippen LogP contribution in [0.1, 0.15) is 19.4 Å². The fourth-order valence-corrected chi connectivity index (χ4v) is 2.60. The maximum absolute atomic E-state index is 12.6. The van der Waals surface area contributed by atoms with Gasteiger partial charge in [-0.3, -0.25) is 24.3 Å². The van der Waals surface area contributed by atoms with E-state index in [1.165, 1.54) is 10.9 Å². The number of anilines is 1. The van der Waals surface area contributed by atoms with Gasteiger partial charge in [-0.05, 0) is 25.5 Å². The summed E-state index contributed by atoms with van der Waals surface area (Å²) in [5, 5.41) is 22.4. The van der Waals surface area contributed by atoms with Crippen LogP contribution in [-0.2, 0) is 16.9 Å². The average Bonchev–Trinajstić information content (AvgIpc) is 3.27. The normalized spacial score (nSPS) is 11.4. The van der Waals surface area contributed by atoms with E-state index in [1.807, 2.05) is 18.2 Å². The van der Waals surface area contributed by atoms with Gasteiger partial charge in [-0.1, -0.05) is 29.8 Å². The number of rotatable bonds is 6. The molecule has 1 amide bonds. The van der Waals surface area contributed by atoms with E-state index in [-0.39, 0.29) is 5.69 Å². The van der Waals surface area contributed by atoms with Crippen LogP contribution in [0.4, 0.5) is 11.5 Å². The monoisotopic (exact) mass is 388 g/mol. The number of nitro groups is 1. The van der Waals surface area contributed by atoms with E-state index in [0.29, 0.717) is 17.4 Å². The third-order valence-electron chi connectivity index (χ3n) is 4.08. The summed E-state index contributed by atoms with van der Waals surface area (Å²) >= 11 is 6.15. The second kappa shape index (κ2) is 7.20. The van der Waals surface area contributed by atoms with Crippen LogP contribution in [0.5, 0.6) is 0 Å². The molecule has 0 saturated heterocycles. The molecule has 3 rings (SSSR count). The third-order valence-corrected chi connectivity index (χ3v) is 4.45. The molecular weight excluding hydrogens is 372 g/mol. The van der Waals surface area contributed by atoms with Crippen molar-refractivity contribution in [1.82, 2.24) is 19.6 Å². The van der Waals surface area contributed by atoms with Crippen molar-refractivity contribution < 1.29 is 9.72 Å². The summed E-state index contributed by atoms with van der Waals surface area (Å²) < 4.78 is 2.91. The lowest BCUT2D eigenvalue weighted by Gasteiger charge is -2.23. The molecule has 0 radical (unpaired) electrons. The van der Waals surface area contributed by atoms with Gasteiger partial charge in [-0.15, -0.1) is 0 Å². The van der Waals surface area contributed by atoms with Crippen molar-refractivity contribution in [2.24, 2.45) is 0 Å². The minimum atomic E-state index is -1.14. The summed E-state index contributed by atoms with van der Waals surface area (Å²) in [6.07, 6.45) is 4.05. The van der Waals surface area contributed by atoms with E-state index in [1.54, 1.807) is 36.9 Å². The van der Waals surface area contributed by atoms with Crippen molar-refractivity contribution >= 4 is 29.0 Å². The fourth-order valence-electron chi connectivity index (χ4n) is 2.40. The Labute approximate surface area is 159 Å². The summed E-state index contributed by atoms with van der Waals surface area (Å²) in [4.78, 5) is 22.9. The van der Waals surface area contributed by atoms with Gasteiger partial charge in [0.1, 0.15) is 17.9 Å². The van der Waals surface area contributed by atoms with Crippen molar-refractivity contribution in [3.8, 4) is 0 Å². The van der Waals surface area contributed by atoms with Crippen LogP contribution in [0.3, 0.4) is 0 Å². The number of nitrogens with one attached hydrogen (secondary N) is 1. The first-order valence-corrected chi connectivity index (χ1v) is 8.43. The van der Waals surface area contributed by atoms with E-state index in [0.717, 1.165) is 11.8 Å². The molecule has 10 heteroatoms. The van der Waals surface area contributed by atoms with Crippen molar-refractivity contribution in [3.05, 3.63) is 69.6 Å². The Kier molecular flexibility index (Phi) is 4.95. The number of hydrogen-bond donors (Lipinski definition) is 1. The molecule has 3 aromatic rings. The minimum absolute atomic E-state index is 0.181. The second-order valence-electron chi connectivity index (χ2n) is 6.40. The zero-order chi connectivity index (χ0) is 19.6. The molecule has 0 aliphatic carbocycles. The zero-order valence-electron chi connectivity index (χ0n) is 14.7. The molecule has 140 valence electrons. The Bertz CT molecular complexity index is 994. The summed E-state index contributed by atoms with van der Waals surface area (Å²) in [6.45, 7) is 3.68. The standard InChI is InChI=1S/C17H17ClN6O3/c1-17(2,23-11-13(9-19-23)24(26)27)16(25)20-15-7-8-22(21-15)10-12-5-3-4-6-14(12)18/h3-9,11H,10H2,1-2H3,(H,20,21,25). The molecule has 0 aliphatic heterocycles. The van der Waals surface area contributed by atoms with E-state index in [4.69, 9.17) is 11.6 Å². The first kappa shape index (κ1) is 18.6. The van der Waals surface area contributed by atoms with Crippen LogP contribution in [0, 0.1) is 10.1 Å². The smallest absolute Gasteiger partial charge is 0.307 e. The number of nitrogens with zero attached hydrogens (tertiary/aromatic N) is 5. The molecular formula is C17H17ClN6O3. The van der Waals surface area contributed by atoms with Crippen molar-refractivity contribution in [3.63, 3.8) is 0 Å². The minimum Gasteiger partial charge on any atom is -0.307 e. The second-order valence-corrected chi connectivity index (χ2v) is 6.81. The van der Waals surface area contributed by atoms with Gasteiger partial charge in [0.05, 0.1) is 11.5 Å². The molecule has 1 aromatic carbocycles. The van der Waals surface area contributed by atoms with Crippen LogP contribution in [0.15, 0.2) is 48.9 Å². The van der Waals surface area contributed by atoms with Gasteiger partial charge in [-0.2, -0.15) is 10.2 Å². The van der Waals surface area contributed by atoms with Gasteiger partial charge < -0.3 is 5.32 Å². The molecule has 2 heterocycles. The highest BCUT2D eigenvalue weighted by atomic mass is 35.5. The highest BCUT2D eigenvalue weighted by Gasteiger charge is 2.32. The number of halogens is 1. The largest absolute Gasteiger partial charge is 0.307 e. The zero-order valence-corrected chi connectivity index (χ0v) is 15.4. The first-order valence-electron chi connectivity index (χ1n) is 8.05. The highest BCUT2D eigenvalue weighted by Crippen LogP contribution is 2.21. The van der Waals surface area contributed by atoms with Gasteiger partial charge in [-0.25, -0.2) is 0 Å². The van der Waals surface area contributed by atoms with E-state index >= 15 is 0 Å². The molecule has 0 saturated carbocycles. The number of carbonyl (C=O) groups excluding carboxylic acids is 1. The lowest BCUT2D eigenvalue weighted by molar-refractivity contribution is -0.385. The van der Waals surface area contributed by atoms with Gasteiger partial charge in [0, 0.05) is 17.3 Å².